The van der Waals surface area contributed by atoms with Gasteiger partial charge in [-0.3, -0.25) is 4.79 Å². The normalized spacial score (nSPS) is 50.9. The second-order valence-electron chi connectivity index (χ2n) is 20.3. The van der Waals surface area contributed by atoms with Crippen molar-refractivity contribution in [3.63, 3.8) is 0 Å². The summed E-state index contributed by atoms with van der Waals surface area (Å²) >= 11 is 0. The van der Waals surface area contributed by atoms with Crippen LogP contribution in [0.5, 0.6) is 0 Å². The Labute approximate surface area is 328 Å². The molecule has 6 fully saturated rings. The molecule has 0 amide bonds. The molecule has 0 spiro atoms. The first-order valence-electron chi connectivity index (χ1n) is 20.5. The van der Waals surface area contributed by atoms with Crippen molar-refractivity contribution in [3.05, 3.63) is 23.3 Å². The average Bonchev–Trinajstić information content (AvgIpc) is 3.12. The summed E-state index contributed by atoms with van der Waals surface area (Å²) in [6.07, 6.45) is -5.32. The molecule has 7 aliphatic rings. The first-order chi connectivity index (χ1) is 26.0. The van der Waals surface area contributed by atoms with Crippen molar-refractivity contribution in [2.24, 2.45) is 44.3 Å². The zero-order chi connectivity index (χ0) is 41.1. The highest BCUT2D eigenvalue weighted by Gasteiger charge is 2.68. The molecular weight excluding hydrogens is 728 g/mol. The smallest absolute Gasteiger partial charge is 0.335 e. The third-order valence-electron chi connectivity index (χ3n) is 16.6. The van der Waals surface area contributed by atoms with Crippen LogP contribution in [0.2, 0.25) is 0 Å². The van der Waals surface area contributed by atoms with E-state index in [0.29, 0.717) is 19.3 Å². The first-order valence-corrected chi connectivity index (χ1v) is 20.5. The van der Waals surface area contributed by atoms with Gasteiger partial charge in [-0.25, -0.2) is 4.79 Å². The highest BCUT2D eigenvalue weighted by atomic mass is 16.7. The van der Waals surface area contributed by atoms with Crippen LogP contribution in [-0.2, 0) is 28.5 Å². The maximum absolute atomic E-state index is 14.5. The largest absolute Gasteiger partial charge is 0.479 e. The number of carboxylic acids is 1. The minimum absolute atomic E-state index is 0.0537. The Morgan fingerprint density at radius 3 is 2.04 bits per heavy atom. The quantitative estimate of drug-likeness (QED) is 0.143. The zero-order valence-electron chi connectivity index (χ0n) is 33.8. The van der Waals surface area contributed by atoms with E-state index in [0.717, 1.165) is 38.5 Å². The number of hydrogen-bond acceptors (Lipinski definition) is 13. The predicted molar refractivity (Wildman–Crippen MR) is 198 cm³/mol. The molecule has 0 aromatic carbocycles. The van der Waals surface area contributed by atoms with Gasteiger partial charge in [0.25, 0.3) is 0 Å². The average molecular weight is 793 g/mol. The SMILES string of the molecule is CC1(C)CC[C@]2(C(=O)O[C@@H]3O[C@H](CO)[C@@H](O)[C@H](O)[C@H]3O)CC[C@]3(C)C(=CC=C4[C@@]5(C)CC[C@H](O[C@@H]6O[C@H](C(=O)O)[C@@H](O)[C@H](O)[C@H]6O)C(C)(C)C5CC[C@]43C)[C@@H]2C1. The van der Waals surface area contributed by atoms with E-state index in [9.17, 15) is 50.4 Å². The van der Waals surface area contributed by atoms with Crippen molar-refractivity contribution < 1.29 is 69.4 Å². The lowest BCUT2D eigenvalue weighted by Crippen LogP contribution is -2.64. The molecule has 0 aromatic heterocycles. The first kappa shape index (κ1) is 42.2. The predicted octanol–water partition coefficient (Wildman–Crippen LogP) is 2.33. The monoisotopic (exact) mass is 792 g/mol. The van der Waals surface area contributed by atoms with Crippen molar-refractivity contribution in [2.75, 3.05) is 6.61 Å². The lowest BCUT2D eigenvalue weighted by molar-refractivity contribution is -0.320. The Bertz CT molecular complexity index is 1620. The topological polar surface area (TPSA) is 233 Å². The fourth-order valence-corrected chi connectivity index (χ4v) is 12.8. The lowest BCUT2D eigenvalue weighted by Gasteiger charge is -2.68. The highest BCUT2D eigenvalue weighted by Crippen LogP contribution is 2.75. The van der Waals surface area contributed by atoms with E-state index >= 15 is 0 Å². The molecule has 14 nitrogen and oxygen atoms in total. The summed E-state index contributed by atoms with van der Waals surface area (Å²) < 4.78 is 23.5. The Kier molecular flexibility index (Phi) is 10.6. The van der Waals surface area contributed by atoms with Gasteiger partial charge in [0.05, 0.1) is 18.1 Å². The van der Waals surface area contributed by atoms with Crippen molar-refractivity contribution in [3.8, 4) is 0 Å². The third-order valence-corrected chi connectivity index (χ3v) is 16.6. The molecule has 14 heteroatoms. The minimum atomic E-state index is -1.80. The fraction of sp³-hybridized carbons (Fsp3) is 0.857. The van der Waals surface area contributed by atoms with Gasteiger partial charge in [0.2, 0.25) is 6.29 Å². The number of aliphatic hydroxyl groups excluding tert-OH is 7. The Hall–Kier alpha value is -1.98. The van der Waals surface area contributed by atoms with Crippen LogP contribution in [0.4, 0.5) is 0 Å². The number of rotatable bonds is 6. The molecule has 2 saturated heterocycles. The number of allylic oxidation sites excluding steroid dienone is 4. The van der Waals surface area contributed by atoms with Crippen LogP contribution in [0.15, 0.2) is 23.3 Å². The number of fused-ring (bicyclic) bond motifs is 7. The van der Waals surface area contributed by atoms with Crippen molar-refractivity contribution >= 4 is 11.9 Å². The molecule has 0 aromatic rings. The molecule has 17 atom stereocenters. The lowest BCUT2D eigenvalue weighted by atomic mass is 9.36. The van der Waals surface area contributed by atoms with Crippen molar-refractivity contribution in [1.29, 1.82) is 0 Å². The Morgan fingerprint density at radius 2 is 1.38 bits per heavy atom. The molecule has 5 aliphatic carbocycles. The standard InChI is InChI=1S/C42H64O14/c1-37(2)14-16-42(36(52)56-34-30(48)27(45)26(44)22(19-43)53-34)17-15-40(6)20(21(42)18-37)8-9-24-39(5)12-11-25(38(3,4)23(39)10-13-41(24,40)7)54-35-31(49)28(46)29(47)32(55-35)33(50)51/h8-9,21-23,25-32,34-35,43-49H,10-19H2,1-7H3,(H,50,51)/t21-,22+,23?,25-,26+,27-,28-,29-,30+,31+,32-,34-,35+,39-,40+,41+,42-/m0/s1. The molecule has 0 radical (unpaired) electrons. The number of ether oxygens (including phenoxy) is 4. The number of carbonyl (C=O) groups excluding carboxylic acids is 1. The highest BCUT2D eigenvalue weighted by molar-refractivity contribution is 5.79. The van der Waals surface area contributed by atoms with E-state index in [-0.39, 0.29) is 33.5 Å². The van der Waals surface area contributed by atoms with Crippen LogP contribution in [0.1, 0.15) is 106 Å². The zero-order valence-corrected chi connectivity index (χ0v) is 33.8. The Morgan fingerprint density at radius 1 is 0.732 bits per heavy atom. The summed E-state index contributed by atoms with van der Waals surface area (Å²) in [4.78, 5) is 26.3. The molecule has 56 heavy (non-hydrogen) atoms. The van der Waals surface area contributed by atoms with E-state index in [1.807, 2.05) is 0 Å². The number of aliphatic carboxylic acids is 1. The van der Waals surface area contributed by atoms with Crippen LogP contribution in [-0.4, -0.2) is 127 Å². The van der Waals surface area contributed by atoms with Gasteiger partial charge >= 0.3 is 11.9 Å². The number of esters is 1. The number of hydrogen-bond donors (Lipinski definition) is 8. The summed E-state index contributed by atoms with van der Waals surface area (Å²) in [6, 6.07) is 0. The number of carbonyl (C=O) groups is 2. The molecule has 8 N–H and O–H groups in total. The van der Waals surface area contributed by atoms with Gasteiger partial charge in [0.1, 0.15) is 42.7 Å². The van der Waals surface area contributed by atoms with E-state index in [1.54, 1.807) is 0 Å². The van der Waals surface area contributed by atoms with Gasteiger partial charge in [-0.1, -0.05) is 71.8 Å². The molecule has 1 unspecified atom stereocenters. The summed E-state index contributed by atoms with van der Waals surface area (Å²) in [6.45, 7) is 15.2. The molecule has 2 aliphatic heterocycles. The van der Waals surface area contributed by atoms with Crippen molar-refractivity contribution in [2.45, 2.75) is 174 Å². The van der Waals surface area contributed by atoms with Crippen LogP contribution in [0, 0.1) is 44.3 Å². The summed E-state index contributed by atoms with van der Waals surface area (Å²) in [7, 11) is 0. The van der Waals surface area contributed by atoms with Gasteiger partial charge in [-0.15, -0.1) is 0 Å². The van der Waals surface area contributed by atoms with Crippen LogP contribution in [0.3, 0.4) is 0 Å². The fourth-order valence-electron chi connectivity index (χ4n) is 12.8. The van der Waals surface area contributed by atoms with Crippen LogP contribution in [0.25, 0.3) is 0 Å². The van der Waals surface area contributed by atoms with Gasteiger partial charge in [-0.05, 0) is 96.7 Å². The minimum Gasteiger partial charge on any atom is -0.479 e. The molecular formula is C42H64O14. The number of carboxylic acid groups (broad SMARTS) is 1. The molecule has 316 valence electrons. The summed E-state index contributed by atoms with van der Waals surface area (Å²) in [5, 5.41) is 82.4. The molecule has 0 bridgehead atoms. The maximum Gasteiger partial charge on any atom is 0.335 e. The van der Waals surface area contributed by atoms with E-state index in [1.165, 1.54) is 11.1 Å². The van der Waals surface area contributed by atoms with Crippen LogP contribution < -0.4 is 0 Å². The Balaban J connectivity index is 1.18. The maximum atomic E-state index is 14.5. The summed E-state index contributed by atoms with van der Waals surface area (Å²) in [5.41, 5.74) is 0.403. The van der Waals surface area contributed by atoms with E-state index < -0.39 is 96.9 Å². The van der Waals surface area contributed by atoms with Gasteiger partial charge in [0.15, 0.2) is 12.4 Å². The second-order valence-corrected chi connectivity index (χ2v) is 20.3. The van der Waals surface area contributed by atoms with Gasteiger partial charge in [0, 0.05) is 0 Å². The van der Waals surface area contributed by atoms with Gasteiger partial charge in [-0.2, -0.15) is 0 Å². The van der Waals surface area contributed by atoms with Crippen molar-refractivity contribution in [1.82, 2.24) is 0 Å². The molecule has 4 saturated carbocycles. The summed E-state index contributed by atoms with van der Waals surface area (Å²) in [5.74, 6) is -1.96. The molecule has 2 heterocycles. The third kappa shape index (κ3) is 6.10. The van der Waals surface area contributed by atoms with Crippen LogP contribution >= 0.6 is 0 Å². The van der Waals surface area contributed by atoms with E-state index in [4.69, 9.17) is 18.9 Å². The number of aliphatic hydroxyl groups is 7. The van der Waals surface area contributed by atoms with Gasteiger partial charge < -0.3 is 59.8 Å². The second kappa shape index (κ2) is 14.1. The van der Waals surface area contributed by atoms with E-state index in [2.05, 4.69) is 60.6 Å². The molecule has 7 rings (SSSR count).